The lowest BCUT2D eigenvalue weighted by Gasteiger charge is -2.52. The van der Waals surface area contributed by atoms with Crippen LogP contribution in [0.5, 0.6) is 0 Å². The highest BCUT2D eigenvalue weighted by Crippen LogP contribution is 2.31. The fourth-order valence-corrected chi connectivity index (χ4v) is 2.81. The second-order valence-corrected chi connectivity index (χ2v) is 6.65. The fraction of sp³-hybridized carbons (Fsp3) is 1.00. The van der Waals surface area contributed by atoms with E-state index in [2.05, 4.69) is 39.5 Å². The van der Waals surface area contributed by atoms with Crippen molar-refractivity contribution in [1.29, 1.82) is 0 Å². The first-order valence-electron chi connectivity index (χ1n) is 6.87. The first kappa shape index (κ1) is 14.9. The lowest BCUT2D eigenvalue weighted by Crippen LogP contribution is -2.64. The molecule has 2 N–H and O–H groups in total. The maximum Gasteiger partial charge on any atom is 0.0645 e. The number of nitrogens with zero attached hydrogens (tertiary/aromatic N) is 1. The van der Waals surface area contributed by atoms with Crippen molar-refractivity contribution in [1.82, 2.24) is 4.90 Å². The minimum Gasteiger partial charge on any atom is -0.378 e. The molecule has 0 bridgehead atoms. The average molecular weight is 242 g/mol. The monoisotopic (exact) mass is 242 g/mol. The van der Waals surface area contributed by atoms with Crippen molar-refractivity contribution in [3.8, 4) is 0 Å². The lowest BCUT2D eigenvalue weighted by atomic mass is 9.85. The van der Waals surface area contributed by atoms with Gasteiger partial charge in [0.2, 0.25) is 0 Å². The summed E-state index contributed by atoms with van der Waals surface area (Å²) >= 11 is 0. The molecular weight excluding hydrogens is 212 g/mol. The van der Waals surface area contributed by atoms with Crippen molar-refractivity contribution in [3.05, 3.63) is 0 Å². The summed E-state index contributed by atoms with van der Waals surface area (Å²) in [5.41, 5.74) is 6.27. The Kier molecular flexibility index (Phi) is 4.99. The predicted octanol–water partition coefficient (Wildman–Crippen LogP) is 2.25. The van der Waals surface area contributed by atoms with Gasteiger partial charge in [-0.1, -0.05) is 13.8 Å². The van der Waals surface area contributed by atoms with Crippen LogP contribution < -0.4 is 5.73 Å². The number of rotatable bonds is 5. The number of morpholine rings is 1. The summed E-state index contributed by atoms with van der Waals surface area (Å²) in [6.07, 6.45) is 2.41. The van der Waals surface area contributed by atoms with Gasteiger partial charge in [-0.05, 0) is 39.5 Å². The van der Waals surface area contributed by atoms with Gasteiger partial charge in [0.05, 0.1) is 13.2 Å². The van der Waals surface area contributed by atoms with Gasteiger partial charge in [-0.25, -0.2) is 0 Å². The summed E-state index contributed by atoms with van der Waals surface area (Å²) in [6.45, 7) is 14.8. The van der Waals surface area contributed by atoms with Crippen LogP contribution >= 0.6 is 0 Å². The van der Waals surface area contributed by atoms with Gasteiger partial charge < -0.3 is 10.5 Å². The molecule has 0 spiro atoms. The smallest absolute Gasteiger partial charge is 0.0645 e. The molecule has 3 heteroatoms. The van der Waals surface area contributed by atoms with Crippen molar-refractivity contribution >= 4 is 0 Å². The molecule has 0 radical (unpaired) electrons. The summed E-state index contributed by atoms with van der Waals surface area (Å²) in [4.78, 5) is 2.56. The van der Waals surface area contributed by atoms with Crippen LogP contribution in [0.2, 0.25) is 0 Å². The molecule has 0 saturated carbocycles. The third-order valence-electron chi connectivity index (χ3n) is 4.00. The Morgan fingerprint density at radius 3 is 2.53 bits per heavy atom. The molecule has 102 valence electrons. The molecule has 1 saturated heterocycles. The van der Waals surface area contributed by atoms with Crippen molar-refractivity contribution in [2.45, 2.75) is 58.5 Å². The van der Waals surface area contributed by atoms with Gasteiger partial charge in [0.1, 0.15) is 0 Å². The highest BCUT2D eigenvalue weighted by atomic mass is 16.5. The Morgan fingerprint density at radius 1 is 1.41 bits per heavy atom. The van der Waals surface area contributed by atoms with Gasteiger partial charge >= 0.3 is 0 Å². The summed E-state index contributed by atoms with van der Waals surface area (Å²) in [6, 6.07) is 0. The van der Waals surface area contributed by atoms with Crippen molar-refractivity contribution in [2.75, 3.05) is 26.3 Å². The third kappa shape index (κ3) is 3.67. The first-order chi connectivity index (χ1) is 7.82. The number of nitrogens with two attached hydrogens (primary N) is 1. The average Bonchev–Trinajstić information content (AvgIpc) is 2.25. The summed E-state index contributed by atoms with van der Waals surface area (Å²) < 4.78 is 5.60. The van der Waals surface area contributed by atoms with Crippen LogP contribution in [0.15, 0.2) is 0 Å². The predicted molar refractivity (Wildman–Crippen MR) is 73.1 cm³/mol. The summed E-state index contributed by atoms with van der Waals surface area (Å²) in [5.74, 6) is 0.741. The molecule has 0 amide bonds. The molecule has 3 nitrogen and oxygen atoms in total. The van der Waals surface area contributed by atoms with Crippen LogP contribution in [0.4, 0.5) is 0 Å². The molecule has 1 fully saturated rings. The molecule has 0 aromatic rings. The largest absolute Gasteiger partial charge is 0.378 e. The molecule has 0 aromatic carbocycles. The van der Waals surface area contributed by atoms with Gasteiger partial charge in [0.15, 0.2) is 0 Å². The zero-order chi connectivity index (χ0) is 13.1. The maximum absolute atomic E-state index is 6.06. The molecule has 1 aliphatic rings. The number of hydrogen-bond acceptors (Lipinski definition) is 3. The van der Waals surface area contributed by atoms with E-state index < -0.39 is 0 Å². The van der Waals surface area contributed by atoms with Crippen molar-refractivity contribution < 1.29 is 4.74 Å². The summed E-state index contributed by atoms with van der Waals surface area (Å²) in [5, 5.41) is 0. The zero-order valence-corrected chi connectivity index (χ0v) is 12.3. The van der Waals surface area contributed by atoms with E-state index in [9.17, 15) is 0 Å². The van der Waals surface area contributed by atoms with E-state index in [1.807, 2.05) is 0 Å². The van der Waals surface area contributed by atoms with Gasteiger partial charge in [0.25, 0.3) is 0 Å². The maximum atomic E-state index is 6.06. The van der Waals surface area contributed by atoms with Crippen LogP contribution in [-0.4, -0.2) is 42.3 Å². The Morgan fingerprint density at radius 2 is 2.06 bits per heavy atom. The number of ether oxygens (including phenoxy) is 1. The Hall–Kier alpha value is -0.120. The topological polar surface area (TPSA) is 38.5 Å². The Bertz CT molecular complexity index is 240. The van der Waals surface area contributed by atoms with E-state index in [0.29, 0.717) is 0 Å². The van der Waals surface area contributed by atoms with Gasteiger partial charge in [-0.15, -0.1) is 0 Å². The lowest BCUT2D eigenvalue weighted by molar-refractivity contribution is -0.102. The highest BCUT2D eigenvalue weighted by molar-refractivity contribution is 4.97. The molecule has 0 aliphatic carbocycles. The quantitative estimate of drug-likeness (QED) is 0.803. The molecule has 1 aliphatic heterocycles. The molecule has 17 heavy (non-hydrogen) atoms. The fourth-order valence-electron chi connectivity index (χ4n) is 2.81. The van der Waals surface area contributed by atoms with Crippen LogP contribution in [0.3, 0.4) is 0 Å². The van der Waals surface area contributed by atoms with Crippen LogP contribution in [0, 0.1) is 5.92 Å². The van der Waals surface area contributed by atoms with Crippen LogP contribution in [-0.2, 0) is 4.74 Å². The van der Waals surface area contributed by atoms with Gasteiger partial charge in [0, 0.05) is 24.2 Å². The normalized spacial score (nSPS) is 24.9. The van der Waals surface area contributed by atoms with E-state index >= 15 is 0 Å². The molecule has 1 heterocycles. The van der Waals surface area contributed by atoms with E-state index in [1.54, 1.807) is 0 Å². The van der Waals surface area contributed by atoms with E-state index in [0.717, 1.165) is 32.2 Å². The van der Waals surface area contributed by atoms with E-state index in [-0.39, 0.29) is 11.1 Å². The van der Waals surface area contributed by atoms with Crippen molar-refractivity contribution in [3.63, 3.8) is 0 Å². The Balaban J connectivity index is 2.75. The van der Waals surface area contributed by atoms with Gasteiger partial charge in [-0.3, -0.25) is 4.90 Å². The highest BCUT2D eigenvalue weighted by Gasteiger charge is 2.41. The standard InChI is InChI=1S/C14H30N2O/c1-12(2)6-7-14(5,10-15)16-8-9-17-11-13(16,3)4/h12H,6-11,15H2,1-5H3. The molecule has 0 aromatic heterocycles. The third-order valence-corrected chi connectivity index (χ3v) is 4.00. The SMILES string of the molecule is CC(C)CCC(C)(CN)N1CCOCC1(C)C. The molecule has 1 unspecified atom stereocenters. The first-order valence-corrected chi connectivity index (χ1v) is 6.87. The second-order valence-electron chi connectivity index (χ2n) is 6.65. The summed E-state index contributed by atoms with van der Waals surface area (Å²) in [7, 11) is 0. The van der Waals surface area contributed by atoms with Gasteiger partial charge in [-0.2, -0.15) is 0 Å². The van der Waals surface area contributed by atoms with E-state index in [1.165, 1.54) is 12.8 Å². The minimum atomic E-state index is 0.101. The molecule has 1 rings (SSSR count). The van der Waals surface area contributed by atoms with Crippen molar-refractivity contribution in [2.24, 2.45) is 11.7 Å². The van der Waals surface area contributed by atoms with Crippen LogP contribution in [0.1, 0.15) is 47.5 Å². The molecular formula is C14H30N2O. The number of hydrogen-bond donors (Lipinski definition) is 1. The van der Waals surface area contributed by atoms with Crippen LogP contribution in [0.25, 0.3) is 0 Å². The molecule has 1 atom stereocenters. The Labute approximate surface area is 107 Å². The van der Waals surface area contributed by atoms with E-state index in [4.69, 9.17) is 10.5 Å². The zero-order valence-electron chi connectivity index (χ0n) is 12.3. The second kappa shape index (κ2) is 5.68. The minimum absolute atomic E-state index is 0.101.